The second-order valence-electron chi connectivity index (χ2n) is 5.09. The van der Waals surface area contributed by atoms with Gasteiger partial charge in [0.15, 0.2) is 0 Å². The summed E-state index contributed by atoms with van der Waals surface area (Å²) in [5.41, 5.74) is 1.21. The lowest BCUT2D eigenvalue weighted by Gasteiger charge is -2.37. The molecule has 3 nitrogen and oxygen atoms in total. The Hall–Kier alpha value is -0.580. The van der Waals surface area contributed by atoms with Crippen LogP contribution in [0, 0.1) is 0 Å². The van der Waals surface area contributed by atoms with Crippen LogP contribution in [0.5, 0.6) is 5.75 Å². The van der Waals surface area contributed by atoms with Crippen molar-refractivity contribution in [3.63, 3.8) is 0 Å². The first kappa shape index (κ1) is 14.8. The quantitative estimate of drug-likeness (QED) is 0.834. The maximum absolute atomic E-state index is 9.04. The Kier molecular flexibility index (Phi) is 5.67. The Morgan fingerprint density at radius 2 is 2.21 bits per heavy atom. The van der Waals surface area contributed by atoms with E-state index in [2.05, 4.69) is 26.9 Å². The lowest BCUT2D eigenvalue weighted by Crippen LogP contribution is -2.40. The normalized spacial score (nSPS) is 15.6. The number of hydrogen-bond donors (Lipinski definition) is 1. The van der Waals surface area contributed by atoms with Crippen molar-refractivity contribution in [3.05, 3.63) is 28.2 Å². The standard InChI is InChI=1S/C15H22BrNO2/c1-19-15-7-6-13(16)10-12(15)11-17(8-3-9-18)14-4-2-5-14/h6-7,10,14,18H,2-5,8-9,11H2,1H3. The van der Waals surface area contributed by atoms with Gasteiger partial charge < -0.3 is 9.84 Å². The van der Waals surface area contributed by atoms with Crippen LogP contribution >= 0.6 is 15.9 Å². The minimum atomic E-state index is 0.263. The van der Waals surface area contributed by atoms with Crippen molar-refractivity contribution in [2.75, 3.05) is 20.3 Å². The summed E-state index contributed by atoms with van der Waals surface area (Å²) >= 11 is 3.52. The lowest BCUT2D eigenvalue weighted by atomic mass is 9.91. The van der Waals surface area contributed by atoms with E-state index in [0.717, 1.165) is 29.7 Å². The van der Waals surface area contributed by atoms with Gasteiger partial charge in [0.05, 0.1) is 7.11 Å². The molecule has 1 fully saturated rings. The van der Waals surface area contributed by atoms with Crippen molar-refractivity contribution in [2.24, 2.45) is 0 Å². The van der Waals surface area contributed by atoms with Gasteiger partial charge in [-0.05, 0) is 37.5 Å². The summed E-state index contributed by atoms with van der Waals surface area (Å²) in [5, 5.41) is 9.04. The largest absolute Gasteiger partial charge is 0.496 e. The number of nitrogens with zero attached hydrogens (tertiary/aromatic N) is 1. The molecule has 0 saturated heterocycles. The van der Waals surface area contributed by atoms with Crippen LogP contribution in [0.4, 0.5) is 0 Å². The summed E-state index contributed by atoms with van der Waals surface area (Å²) in [6, 6.07) is 6.81. The number of ether oxygens (including phenoxy) is 1. The monoisotopic (exact) mass is 327 g/mol. The molecule has 2 rings (SSSR count). The van der Waals surface area contributed by atoms with Gasteiger partial charge in [0, 0.05) is 35.8 Å². The minimum absolute atomic E-state index is 0.263. The van der Waals surface area contributed by atoms with Crippen molar-refractivity contribution in [1.82, 2.24) is 4.90 Å². The van der Waals surface area contributed by atoms with E-state index in [1.54, 1.807) is 7.11 Å². The average Bonchev–Trinajstić information content (AvgIpc) is 2.34. The number of aliphatic hydroxyl groups excluding tert-OH is 1. The van der Waals surface area contributed by atoms with Gasteiger partial charge in [0.25, 0.3) is 0 Å². The van der Waals surface area contributed by atoms with Gasteiger partial charge in [0.2, 0.25) is 0 Å². The molecule has 1 N–H and O–H groups in total. The van der Waals surface area contributed by atoms with E-state index in [-0.39, 0.29) is 6.61 Å². The van der Waals surface area contributed by atoms with Crippen LogP contribution < -0.4 is 4.74 Å². The van der Waals surface area contributed by atoms with Crippen LogP contribution in [0.15, 0.2) is 22.7 Å². The number of aliphatic hydroxyl groups is 1. The second kappa shape index (κ2) is 7.27. The summed E-state index contributed by atoms with van der Waals surface area (Å²) in [6.07, 6.45) is 4.73. The van der Waals surface area contributed by atoms with Gasteiger partial charge in [-0.3, -0.25) is 4.90 Å². The molecule has 0 aromatic heterocycles. The molecule has 19 heavy (non-hydrogen) atoms. The fourth-order valence-electron chi connectivity index (χ4n) is 2.51. The Morgan fingerprint density at radius 3 is 2.79 bits per heavy atom. The molecule has 0 bridgehead atoms. The van der Waals surface area contributed by atoms with Gasteiger partial charge in [-0.25, -0.2) is 0 Å². The van der Waals surface area contributed by atoms with E-state index in [1.807, 2.05) is 12.1 Å². The highest BCUT2D eigenvalue weighted by Crippen LogP contribution is 2.30. The molecule has 106 valence electrons. The highest BCUT2D eigenvalue weighted by atomic mass is 79.9. The molecule has 0 radical (unpaired) electrons. The number of rotatable bonds is 7. The van der Waals surface area contributed by atoms with Crippen molar-refractivity contribution < 1.29 is 9.84 Å². The topological polar surface area (TPSA) is 32.7 Å². The smallest absolute Gasteiger partial charge is 0.123 e. The summed E-state index contributed by atoms with van der Waals surface area (Å²) in [6.45, 7) is 2.11. The number of halogens is 1. The number of hydrogen-bond acceptors (Lipinski definition) is 3. The van der Waals surface area contributed by atoms with Gasteiger partial charge in [0.1, 0.15) is 5.75 Å². The third kappa shape index (κ3) is 3.94. The third-order valence-electron chi connectivity index (χ3n) is 3.81. The molecule has 0 spiro atoms. The highest BCUT2D eigenvalue weighted by molar-refractivity contribution is 9.10. The fourth-order valence-corrected chi connectivity index (χ4v) is 2.91. The van der Waals surface area contributed by atoms with Crippen molar-refractivity contribution >= 4 is 15.9 Å². The van der Waals surface area contributed by atoms with E-state index in [0.29, 0.717) is 6.04 Å². The molecule has 0 amide bonds. The van der Waals surface area contributed by atoms with Crippen LogP contribution in [0.3, 0.4) is 0 Å². The molecule has 0 atom stereocenters. The van der Waals surface area contributed by atoms with Crippen molar-refractivity contribution in [2.45, 2.75) is 38.3 Å². The van der Waals surface area contributed by atoms with Crippen LogP contribution in [-0.2, 0) is 6.54 Å². The van der Waals surface area contributed by atoms with Gasteiger partial charge >= 0.3 is 0 Å². The third-order valence-corrected chi connectivity index (χ3v) is 4.30. The van der Waals surface area contributed by atoms with Crippen molar-refractivity contribution in [1.29, 1.82) is 0 Å². The predicted octanol–water partition coefficient (Wildman–Crippen LogP) is 3.19. The van der Waals surface area contributed by atoms with E-state index in [9.17, 15) is 0 Å². The van der Waals surface area contributed by atoms with Crippen molar-refractivity contribution in [3.8, 4) is 5.75 Å². The maximum atomic E-state index is 9.04. The maximum Gasteiger partial charge on any atom is 0.123 e. The zero-order valence-electron chi connectivity index (χ0n) is 11.4. The SMILES string of the molecule is COc1ccc(Br)cc1CN(CCCO)C1CCC1. The molecule has 1 saturated carbocycles. The zero-order chi connectivity index (χ0) is 13.7. The minimum Gasteiger partial charge on any atom is -0.496 e. The summed E-state index contributed by atoms with van der Waals surface area (Å²) < 4.78 is 6.52. The van der Waals surface area contributed by atoms with Crippen LogP contribution in [-0.4, -0.2) is 36.3 Å². The fraction of sp³-hybridized carbons (Fsp3) is 0.600. The second-order valence-corrected chi connectivity index (χ2v) is 6.00. The van der Waals surface area contributed by atoms with E-state index >= 15 is 0 Å². The molecule has 0 unspecified atom stereocenters. The van der Waals surface area contributed by atoms with Gasteiger partial charge in [-0.1, -0.05) is 22.4 Å². The molecular formula is C15H22BrNO2. The van der Waals surface area contributed by atoms with Gasteiger partial charge in [-0.15, -0.1) is 0 Å². The van der Waals surface area contributed by atoms with E-state index in [1.165, 1.54) is 24.8 Å². The molecule has 1 aliphatic rings. The molecule has 0 aliphatic heterocycles. The number of benzene rings is 1. The average molecular weight is 328 g/mol. The molecular weight excluding hydrogens is 306 g/mol. The summed E-state index contributed by atoms with van der Waals surface area (Å²) in [7, 11) is 1.72. The highest BCUT2D eigenvalue weighted by Gasteiger charge is 2.25. The lowest BCUT2D eigenvalue weighted by molar-refractivity contribution is 0.108. The first-order valence-electron chi connectivity index (χ1n) is 6.92. The van der Waals surface area contributed by atoms with E-state index in [4.69, 9.17) is 9.84 Å². The van der Waals surface area contributed by atoms with Crippen LogP contribution in [0.1, 0.15) is 31.2 Å². The Morgan fingerprint density at radius 1 is 1.42 bits per heavy atom. The Bertz CT molecular complexity index is 407. The first-order valence-corrected chi connectivity index (χ1v) is 7.71. The van der Waals surface area contributed by atoms with Crippen LogP contribution in [0.2, 0.25) is 0 Å². The molecule has 4 heteroatoms. The zero-order valence-corrected chi connectivity index (χ0v) is 13.0. The Balaban J connectivity index is 2.08. The molecule has 0 heterocycles. The molecule has 1 aliphatic carbocycles. The van der Waals surface area contributed by atoms with Crippen LogP contribution in [0.25, 0.3) is 0 Å². The molecule has 1 aromatic rings. The molecule has 1 aromatic carbocycles. The van der Waals surface area contributed by atoms with E-state index < -0.39 is 0 Å². The summed E-state index contributed by atoms with van der Waals surface area (Å²) in [4.78, 5) is 2.48. The first-order chi connectivity index (χ1) is 9.24. The number of methoxy groups -OCH3 is 1. The Labute approximate surface area is 123 Å². The summed E-state index contributed by atoms with van der Waals surface area (Å²) in [5.74, 6) is 0.941. The predicted molar refractivity (Wildman–Crippen MR) is 80.4 cm³/mol. The van der Waals surface area contributed by atoms with Gasteiger partial charge in [-0.2, -0.15) is 0 Å².